The van der Waals surface area contributed by atoms with Crippen molar-refractivity contribution in [1.29, 1.82) is 5.26 Å². The number of rotatable bonds is 15. The molecule has 0 radical (unpaired) electrons. The molecule has 0 spiro atoms. The van der Waals surface area contributed by atoms with Crippen molar-refractivity contribution < 1.29 is 9.53 Å². The van der Waals surface area contributed by atoms with E-state index in [-0.39, 0.29) is 5.97 Å². The Morgan fingerprint density at radius 2 is 1.55 bits per heavy atom. The first-order valence-corrected chi connectivity index (χ1v) is 15.4. The Morgan fingerprint density at radius 3 is 2.21 bits per heavy atom. The van der Waals surface area contributed by atoms with E-state index in [9.17, 15) is 10.1 Å². The van der Waals surface area contributed by atoms with Gasteiger partial charge in [0.05, 0.1) is 11.0 Å². The zero-order valence-corrected chi connectivity index (χ0v) is 24.2. The van der Waals surface area contributed by atoms with Gasteiger partial charge in [-0.3, -0.25) is 4.79 Å². The fraction of sp³-hybridized carbons (Fsp3) is 0.600. The Bertz CT molecular complexity index is 1030. The molecule has 1 fully saturated rings. The molecular weight excluding hydrogens is 466 g/mol. The standard InChI is InChI=1S/C35H49NO2/c1-4-6-8-10-13-17-29-18-21-32(22-19-29)35(24-14-11-15-25-35)34(37)38-33-23-20-30(26-31(33)27-36)28(3)16-12-9-7-5-2/h18-23,26,28H,4-17,24-25H2,1-3H3. The van der Waals surface area contributed by atoms with Crippen molar-refractivity contribution in [1.82, 2.24) is 0 Å². The van der Waals surface area contributed by atoms with Crippen molar-refractivity contribution in [3.05, 3.63) is 64.7 Å². The van der Waals surface area contributed by atoms with E-state index in [2.05, 4.69) is 51.1 Å². The zero-order valence-electron chi connectivity index (χ0n) is 24.2. The van der Waals surface area contributed by atoms with Gasteiger partial charge in [0, 0.05) is 0 Å². The number of esters is 1. The second kappa shape index (κ2) is 15.7. The minimum atomic E-state index is -0.629. The van der Waals surface area contributed by atoms with Gasteiger partial charge in [0.1, 0.15) is 11.8 Å². The van der Waals surface area contributed by atoms with E-state index >= 15 is 0 Å². The van der Waals surface area contributed by atoms with Crippen LogP contribution in [0.15, 0.2) is 42.5 Å². The molecule has 1 aliphatic rings. The van der Waals surface area contributed by atoms with Crippen molar-refractivity contribution >= 4 is 5.97 Å². The molecule has 3 nitrogen and oxygen atoms in total. The fourth-order valence-electron chi connectivity index (χ4n) is 5.96. The molecule has 2 aromatic rings. The highest BCUT2D eigenvalue weighted by Gasteiger charge is 2.43. The van der Waals surface area contributed by atoms with Crippen LogP contribution in [0.1, 0.15) is 145 Å². The summed E-state index contributed by atoms with van der Waals surface area (Å²) in [6.07, 6.45) is 18.4. The van der Waals surface area contributed by atoms with Gasteiger partial charge in [-0.15, -0.1) is 0 Å². The summed E-state index contributed by atoms with van der Waals surface area (Å²) in [4.78, 5) is 13.8. The predicted octanol–water partition coefficient (Wildman–Crippen LogP) is 9.95. The molecule has 1 atom stereocenters. The number of nitrogens with zero attached hydrogens (tertiary/aromatic N) is 1. The van der Waals surface area contributed by atoms with Crippen LogP contribution >= 0.6 is 0 Å². The van der Waals surface area contributed by atoms with Crippen LogP contribution in [-0.4, -0.2) is 5.97 Å². The molecule has 3 heteroatoms. The van der Waals surface area contributed by atoms with E-state index in [1.165, 1.54) is 63.4 Å². The summed E-state index contributed by atoms with van der Waals surface area (Å²) in [5, 5.41) is 9.88. The van der Waals surface area contributed by atoms with Gasteiger partial charge in [0.2, 0.25) is 0 Å². The molecule has 0 aliphatic heterocycles. The molecule has 1 aliphatic carbocycles. The molecule has 0 N–H and O–H groups in total. The highest BCUT2D eigenvalue weighted by atomic mass is 16.5. The lowest BCUT2D eigenvalue weighted by Crippen LogP contribution is -2.41. The summed E-state index contributed by atoms with van der Waals surface area (Å²) in [6, 6.07) is 16.8. The third-order valence-corrected chi connectivity index (χ3v) is 8.56. The van der Waals surface area contributed by atoms with Crippen LogP contribution < -0.4 is 4.74 Å². The summed E-state index contributed by atoms with van der Waals surface area (Å²) >= 11 is 0. The quantitative estimate of drug-likeness (QED) is 0.135. The molecule has 0 aromatic heterocycles. The first-order valence-electron chi connectivity index (χ1n) is 15.4. The number of hydrogen-bond acceptors (Lipinski definition) is 3. The Balaban J connectivity index is 1.71. The van der Waals surface area contributed by atoms with Gasteiger partial charge < -0.3 is 4.74 Å². The third kappa shape index (κ3) is 8.20. The largest absolute Gasteiger partial charge is 0.424 e. The van der Waals surface area contributed by atoms with E-state index in [0.29, 0.717) is 17.2 Å². The number of unbranched alkanes of at least 4 members (excludes halogenated alkanes) is 7. The second-order valence-electron chi connectivity index (χ2n) is 11.5. The lowest BCUT2D eigenvalue weighted by atomic mass is 9.69. The lowest BCUT2D eigenvalue weighted by molar-refractivity contribution is -0.142. The van der Waals surface area contributed by atoms with Crippen LogP contribution in [0.5, 0.6) is 5.75 Å². The normalized spacial score (nSPS) is 15.5. The SMILES string of the molecule is CCCCCCCc1ccc(C2(C(=O)Oc3ccc(C(C)CCCCCC)cc3C#N)CCCCC2)cc1. The molecule has 0 bridgehead atoms. The molecule has 38 heavy (non-hydrogen) atoms. The minimum absolute atomic E-state index is 0.207. The number of carbonyl (C=O) groups excluding carboxylic acids is 1. The second-order valence-corrected chi connectivity index (χ2v) is 11.5. The molecule has 2 aromatic carbocycles. The first kappa shape index (κ1) is 29.9. The van der Waals surface area contributed by atoms with E-state index < -0.39 is 5.41 Å². The number of benzene rings is 2. The summed E-state index contributed by atoms with van der Waals surface area (Å²) in [5.41, 5.74) is 3.38. The van der Waals surface area contributed by atoms with Gasteiger partial charge in [0.15, 0.2) is 0 Å². The van der Waals surface area contributed by atoms with Crippen LogP contribution in [0.25, 0.3) is 0 Å². The van der Waals surface area contributed by atoms with Gasteiger partial charge in [-0.05, 0) is 66.8 Å². The van der Waals surface area contributed by atoms with E-state index in [1.807, 2.05) is 18.2 Å². The van der Waals surface area contributed by atoms with Crippen molar-refractivity contribution in [2.75, 3.05) is 0 Å². The number of carbonyl (C=O) groups is 1. The predicted molar refractivity (Wildman–Crippen MR) is 158 cm³/mol. The topological polar surface area (TPSA) is 50.1 Å². The summed E-state index contributed by atoms with van der Waals surface area (Å²) < 4.78 is 6.05. The molecule has 1 unspecified atom stereocenters. The highest BCUT2D eigenvalue weighted by Crippen LogP contribution is 2.41. The van der Waals surface area contributed by atoms with E-state index in [1.54, 1.807) is 0 Å². The number of ether oxygens (including phenoxy) is 1. The molecule has 0 amide bonds. The Labute approximate surface area is 232 Å². The molecule has 0 saturated heterocycles. The Kier molecular flexibility index (Phi) is 12.4. The first-order chi connectivity index (χ1) is 18.5. The maximum absolute atomic E-state index is 13.8. The monoisotopic (exact) mass is 515 g/mol. The van der Waals surface area contributed by atoms with Crippen LogP contribution in [0.2, 0.25) is 0 Å². The molecule has 3 rings (SSSR count). The molecule has 206 valence electrons. The van der Waals surface area contributed by atoms with Crippen molar-refractivity contribution in [3.8, 4) is 11.8 Å². The van der Waals surface area contributed by atoms with Gasteiger partial charge in [-0.25, -0.2) is 0 Å². The van der Waals surface area contributed by atoms with Gasteiger partial charge in [0.25, 0.3) is 0 Å². The summed E-state index contributed by atoms with van der Waals surface area (Å²) in [5.74, 6) is 0.577. The maximum Gasteiger partial charge on any atom is 0.321 e. The lowest BCUT2D eigenvalue weighted by Gasteiger charge is -2.35. The van der Waals surface area contributed by atoms with Crippen LogP contribution in [0.4, 0.5) is 0 Å². The summed E-state index contributed by atoms with van der Waals surface area (Å²) in [7, 11) is 0. The third-order valence-electron chi connectivity index (χ3n) is 8.56. The van der Waals surface area contributed by atoms with Gasteiger partial charge in [-0.1, -0.05) is 122 Å². The molecular formula is C35H49NO2. The number of nitriles is 1. The number of hydrogen-bond donors (Lipinski definition) is 0. The highest BCUT2D eigenvalue weighted by molar-refractivity contribution is 5.85. The van der Waals surface area contributed by atoms with Crippen molar-refractivity contribution in [2.24, 2.45) is 0 Å². The Morgan fingerprint density at radius 1 is 0.895 bits per heavy atom. The summed E-state index contributed by atoms with van der Waals surface area (Å²) in [6.45, 7) is 6.70. The number of aryl methyl sites for hydroxylation is 1. The minimum Gasteiger partial charge on any atom is -0.424 e. The molecule has 0 heterocycles. The van der Waals surface area contributed by atoms with Gasteiger partial charge in [-0.2, -0.15) is 5.26 Å². The van der Waals surface area contributed by atoms with Crippen LogP contribution in [0.3, 0.4) is 0 Å². The van der Waals surface area contributed by atoms with E-state index in [4.69, 9.17) is 4.74 Å². The van der Waals surface area contributed by atoms with E-state index in [0.717, 1.165) is 56.1 Å². The smallest absolute Gasteiger partial charge is 0.321 e. The maximum atomic E-state index is 13.8. The van der Waals surface area contributed by atoms with Crippen LogP contribution in [0, 0.1) is 11.3 Å². The van der Waals surface area contributed by atoms with Crippen LogP contribution in [-0.2, 0) is 16.6 Å². The average Bonchev–Trinajstić information content (AvgIpc) is 2.96. The zero-order chi connectivity index (χ0) is 27.2. The fourth-order valence-corrected chi connectivity index (χ4v) is 5.96. The van der Waals surface area contributed by atoms with Gasteiger partial charge >= 0.3 is 5.97 Å². The Hall–Kier alpha value is -2.60. The van der Waals surface area contributed by atoms with Crippen molar-refractivity contribution in [3.63, 3.8) is 0 Å². The molecule has 1 saturated carbocycles. The van der Waals surface area contributed by atoms with Crippen molar-refractivity contribution in [2.45, 2.75) is 135 Å². The average molecular weight is 516 g/mol.